The first kappa shape index (κ1) is 22.7. The van der Waals surface area contributed by atoms with Crippen LogP contribution in [0.5, 0.6) is 5.75 Å². The number of benzene rings is 2. The van der Waals surface area contributed by atoms with Gasteiger partial charge in [0.25, 0.3) is 11.8 Å². The van der Waals surface area contributed by atoms with Crippen molar-refractivity contribution in [1.29, 1.82) is 0 Å². The van der Waals surface area contributed by atoms with Crippen LogP contribution in [0.15, 0.2) is 60.3 Å². The molecule has 0 heterocycles. The van der Waals surface area contributed by atoms with Crippen LogP contribution >= 0.6 is 0 Å². The molecule has 0 bridgehead atoms. The minimum absolute atomic E-state index is 0.0451. The molecule has 0 atom stereocenters. The molecule has 0 radical (unpaired) electrons. The molecule has 0 fully saturated rings. The topological polar surface area (TPSA) is 105 Å². The zero-order valence-corrected chi connectivity index (χ0v) is 17.1. The van der Waals surface area contributed by atoms with Crippen molar-refractivity contribution in [3.8, 4) is 5.75 Å². The predicted octanol–water partition coefficient (Wildman–Crippen LogP) is 3.23. The zero-order valence-electron chi connectivity index (χ0n) is 17.1. The Balaban J connectivity index is 2.16. The van der Waals surface area contributed by atoms with E-state index in [1.807, 2.05) is 13.8 Å². The van der Waals surface area contributed by atoms with E-state index in [0.29, 0.717) is 23.3 Å². The molecule has 2 aromatic carbocycles. The molecule has 0 saturated carbocycles. The molecule has 0 aliphatic carbocycles. The normalized spacial score (nSPS) is 11.1. The van der Waals surface area contributed by atoms with Crippen molar-refractivity contribution in [3.63, 3.8) is 0 Å². The number of carbonyl (C=O) groups is 3. The van der Waals surface area contributed by atoms with E-state index in [4.69, 9.17) is 9.84 Å². The van der Waals surface area contributed by atoms with Crippen LogP contribution < -0.4 is 15.4 Å². The van der Waals surface area contributed by atoms with E-state index in [1.54, 1.807) is 60.7 Å². The smallest absolute Gasteiger partial charge is 0.303 e. The van der Waals surface area contributed by atoms with Crippen LogP contribution in [0.1, 0.15) is 42.6 Å². The van der Waals surface area contributed by atoms with E-state index in [9.17, 15) is 14.4 Å². The van der Waals surface area contributed by atoms with E-state index in [2.05, 4.69) is 10.6 Å². The van der Waals surface area contributed by atoms with Gasteiger partial charge in [-0.1, -0.05) is 30.3 Å². The zero-order chi connectivity index (χ0) is 21.9. The van der Waals surface area contributed by atoms with Crippen LogP contribution in [-0.4, -0.2) is 35.5 Å². The quantitative estimate of drug-likeness (QED) is 0.412. The number of carboxylic acid groups (broad SMARTS) is 1. The predicted molar refractivity (Wildman–Crippen MR) is 114 cm³/mol. The largest absolute Gasteiger partial charge is 0.491 e. The fourth-order valence-corrected chi connectivity index (χ4v) is 2.56. The lowest BCUT2D eigenvalue weighted by Gasteiger charge is -2.12. The van der Waals surface area contributed by atoms with Gasteiger partial charge in [0.15, 0.2) is 0 Å². The third-order valence-corrected chi connectivity index (χ3v) is 3.94. The van der Waals surface area contributed by atoms with E-state index < -0.39 is 17.8 Å². The molecular formula is C23H26N2O5. The molecule has 2 rings (SSSR count). The summed E-state index contributed by atoms with van der Waals surface area (Å²) in [5, 5.41) is 14.0. The molecule has 0 aromatic heterocycles. The van der Waals surface area contributed by atoms with Crippen LogP contribution in [0, 0.1) is 0 Å². The summed E-state index contributed by atoms with van der Waals surface area (Å²) < 4.78 is 5.61. The number of hydrogen-bond donors (Lipinski definition) is 3. The number of amides is 2. The minimum atomic E-state index is -0.930. The minimum Gasteiger partial charge on any atom is -0.491 e. The lowest BCUT2D eigenvalue weighted by Crippen LogP contribution is -2.35. The molecule has 158 valence electrons. The van der Waals surface area contributed by atoms with Crippen LogP contribution in [0.25, 0.3) is 6.08 Å². The Morgan fingerprint density at radius 1 is 1.03 bits per heavy atom. The lowest BCUT2D eigenvalue weighted by molar-refractivity contribution is -0.137. The third kappa shape index (κ3) is 7.79. The van der Waals surface area contributed by atoms with E-state index in [0.717, 1.165) is 0 Å². The summed E-state index contributed by atoms with van der Waals surface area (Å²) in [6.07, 6.45) is 1.85. The molecule has 2 aromatic rings. The number of aliphatic carboxylic acids is 1. The Bertz CT molecular complexity index is 890. The summed E-state index contributed by atoms with van der Waals surface area (Å²) in [5.41, 5.74) is 1.19. The summed E-state index contributed by atoms with van der Waals surface area (Å²) in [6, 6.07) is 15.7. The average Bonchev–Trinajstić information content (AvgIpc) is 2.72. The van der Waals surface area contributed by atoms with E-state index in [-0.39, 0.29) is 24.8 Å². The van der Waals surface area contributed by atoms with Crippen molar-refractivity contribution in [2.75, 3.05) is 6.54 Å². The summed E-state index contributed by atoms with van der Waals surface area (Å²) in [7, 11) is 0. The van der Waals surface area contributed by atoms with Gasteiger partial charge in [-0.15, -0.1) is 0 Å². The van der Waals surface area contributed by atoms with Gasteiger partial charge in [-0.3, -0.25) is 14.4 Å². The van der Waals surface area contributed by atoms with Crippen LogP contribution in [0.4, 0.5) is 0 Å². The van der Waals surface area contributed by atoms with Crippen molar-refractivity contribution in [1.82, 2.24) is 10.6 Å². The van der Waals surface area contributed by atoms with Gasteiger partial charge in [0.1, 0.15) is 11.4 Å². The highest BCUT2D eigenvalue weighted by Gasteiger charge is 2.14. The summed E-state index contributed by atoms with van der Waals surface area (Å²) >= 11 is 0. The molecule has 0 unspecified atom stereocenters. The van der Waals surface area contributed by atoms with Gasteiger partial charge >= 0.3 is 5.97 Å². The Kier molecular flexibility index (Phi) is 8.62. The maximum atomic E-state index is 12.6. The first-order chi connectivity index (χ1) is 14.3. The second kappa shape index (κ2) is 11.4. The molecular weight excluding hydrogens is 384 g/mol. The molecule has 0 spiro atoms. The number of ether oxygens (including phenoxy) is 1. The second-order valence-corrected chi connectivity index (χ2v) is 6.87. The molecule has 7 heteroatoms. The van der Waals surface area contributed by atoms with Crippen molar-refractivity contribution < 1.29 is 24.2 Å². The first-order valence-corrected chi connectivity index (χ1v) is 9.70. The lowest BCUT2D eigenvalue weighted by atomic mass is 10.1. The molecule has 0 aliphatic heterocycles. The number of nitrogens with one attached hydrogen (secondary N) is 2. The fourth-order valence-electron chi connectivity index (χ4n) is 2.56. The van der Waals surface area contributed by atoms with E-state index >= 15 is 0 Å². The van der Waals surface area contributed by atoms with Gasteiger partial charge in [-0.05, 0) is 56.2 Å². The number of carbonyl (C=O) groups excluding carboxylic acids is 2. The second-order valence-electron chi connectivity index (χ2n) is 6.87. The van der Waals surface area contributed by atoms with Crippen molar-refractivity contribution in [2.45, 2.75) is 32.8 Å². The molecule has 7 nitrogen and oxygen atoms in total. The van der Waals surface area contributed by atoms with Crippen molar-refractivity contribution in [2.24, 2.45) is 0 Å². The maximum absolute atomic E-state index is 12.6. The highest BCUT2D eigenvalue weighted by atomic mass is 16.5. The van der Waals surface area contributed by atoms with Gasteiger partial charge in [0.05, 0.1) is 6.10 Å². The summed E-state index contributed by atoms with van der Waals surface area (Å²) in [6.45, 7) is 4.05. The van der Waals surface area contributed by atoms with Crippen LogP contribution in [0.3, 0.4) is 0 Å². The Morgan fingerprint density at radius 2 is 1.70 bits per heavy atom. The molecule has 3 N–H and O–H groups in total. The number of carboxylic acids is 1. The number of hydrogen-bond acceptors (Lipinski definition) is 4. The van der Waals surface area contributed by atoms with Crippen LogP contribution in [0.2, 0.25) is 0 Å². The molecule has 0 saturated heterocycles. The first-order valence-electron chi connectivity index (χ1n) is 9.70. The van der Waals surface area contributed by atoms with Gasteiger partial charge in [-0.2, -0.15) is 0 Å². The summed E-state index contributed by atoms with van der Waals surface area (Å²) in [4.78, 5) is 35.7. The number of rotatable bonds is 10. The van der Waals surface area contributed by atoms with Crippen LogP contribution in [-0.2, 0) is 9.59 Å². The standard InChI is InChI=1S/C23H26N2O5/c1-16(2)30-19-12-10-17(11-13-19)15-20(23(29)24-14-6-9-21(26)27)25-22(28)18-7-4-3-5-8-18/h3-5,7-8,10-13,15-16H,6,9,14H2,1-2H3,(H,24,29)(H,25,28)(H,26,27)/b20-15+. The summed E-state index contributed by atoms with van der Waals surface area (Å²) in [5.74, 6) is -1.13. The van der Waals surface area contributed by atoms with Gasteiger partial charge in [0.2, 0.25) is 0 Å². The monoisotopic (exact) mass is 410 g/mol. The SMILES string of the molecule is CC(C)Oc1ccc(/C=C(/NC(=O)c2ccccc2)C(=O)NCCCC(=O)O)cc1. The van der Waals surface area contributed by atoms with Crippen molar-refractivity contribution in [3.05, 3.63) is 71.4 Å². The molecule has 0 aliphatic rings. The Labute approximate surface area is 175 Å². The van der Waals surface area contributed by atoms with Gasteiger partial charge in [-0.25, -0.2) is 0 Å². The van der Waals surface area contributed by atoms with Crippen molar-refractivity contribution >= 4 is 23.9 Å². The highest BCUT2D eigenvalue weighted by Crippen LogP contribution is 2.16. The molecule has 30 heavy (non-hydrogen) atoms. The van der Waals surface area contributed by atoms with Gasteiger partial charge in [0, 0.05) is 18.5 Å². The third-order valence-electron chi connectivity index (χ3n) is 3.94. The molecule has 2 amide bonds. The fraction of sp³-hybridized carbons (Fsp3) is 0.261. The highest BCUT2D eigenvalue weighted by molar-refractivity contribution is 6.05. The van der Waals surface area contributed by atoms with E-state index in [1.165, 1.54) is 0 Å². The Hall–Kier alpha value is -3.61. The van der Waals surface area contributed by atoms with Gasteiger partial charge < -0.3 is 20.5 Å². The Morgan fingerprint density at radius 3 is 2.30 bits per heavy atom. The maximum Gasteiger partial charge on any atom is 0.303 e. The average molecular weight is 410 g/mol.